The number of nitrogens with zero attached hydrogens (tertiary/aromatic N) is 3. The zero-order chi connectivity index (χ0) is 17.5. The summed E-state index contributed by atoms with van der Waals surface area (Å²) in [5.74, 6) is 1.02. The Morgan fingerprint density at radius 1 is 1.00 bits per heavy atom. The maximum Gasteiger partial charge on any atom is 0.141 e. The van der Waals surface area contributed by atoms with Crippen molar-refractivity contribution in [1.82, 2.24) is 14.5 Å². The second-order valence-corrected chi connectivity index (χ2v) is 7.58. The van der Waals surface area contributed by atoms with Crippen LogP contribution in [0.4, 0.5) is 0 Å². The molecule has 0 atom stereocenters. The van der Waals surface area contributed by atoms with Gasteiger partial charge in [0.2, 0.25) is 0 Å². The van der Waals surface area contributed by atoms with Gasteiger partial charge in [-0.2, -0.15) is 0 Å². The minimum Gasteiger partial charge on any atom is -0.381 e. The summed E-state index contributed by atoms with van der Waals surface area (Å²) in [6.07, 6.45) is 3.90. The van der Waals surface area contributed by atoms with Gasteiger partial charge in [-0.25, -0.2) is 4.98 Å². The molecule has 5 rings (SSSR count). The Bertz CT molecular complexity index is 1080. The first-order chi connectivity index (χ1) is 12.8. The van der Waals surface area contributed by atoms with Gasteiger partial charge in [0, 0.05) is 34.7 Å². The summed E-state index contributed by atoms with van der Waals surface area (Å²) in [4.78, 5) is 9.60. The number of benzene rings is 2. The number of imidazole rings is 1. The number of ether oxygens (including phenoxy) is 1. The van der Waals surface area contributed by atoms with Crippen LogP contribution in [0.1, 0.15) is 18.9 Å². The van der Waals surface area contributed by atoms with Crippen LogP contribution < -0.4 is 0 Å². The van der Waals surface area contributed by atoms with Crippen LogP contribution >= 0.6 is 15.9 Å². The lowest BCUT2D eigenvalue weighted by atomic mass is 10.1. The second-order valence-electron chi connectivity index (χ2n) is 6.67. The van der Waals surface area contributed by atoms with Crippen molar-refractivity contribution < 1.29 is 4.74 Å². The Balaban J connectivity index is 1.86. The van der Waals surface area contributed by atoms with Gasteiger partial charge in [-0.3, -0.25) is 4.98 Å². The van der Waals surface area contributed by atoms with Crippen LogP contribution in [0.25, 0.3) is 33.3 Å². The fourth-order valence-electron chi connectivity index (χ4n) is 3.84. The third-order valence-electron chi connectivity index (χ3n) is 5.07. The van der Waals surface area contributed by atoms with E-state index in [-0.39, 0.29) is 0 Å². The van der Waals surface area contributed by atoms with E-state index in [2.05, 4.69) is 61.9 Å². The highest BCUT2D eigenvalue weighted by Crippen LogP contribution is 2.36. The van der Waals surface area contributed by atoms with E-state index in [0.717, 1.165) is 58.3 Å². The van der Waals surface area contributed by atoms with Crippen molar-refractivity contribution >= 4 is 37.9 Å². The third kappa shape index (κ3) is 2.63. The molecular weight excluding hydrogens is 390 g/mol. The van der Waals surface area contributed by atoms with Crippen LogP contribution in [0.3, 0.4) is 0 Å². The summed E-state index contributed by atoms with van der Waals surface area (Å²) < 4.78 is 9.08. The molecule has 0 saturated carbocycles. The van der Waals surface area contributed by atoms with Crippen molar-refractivity contribution in [3.63, 3.8) is 0 Å². The van der Waals surface area contributed by atoms with Gasteiger partial charge in [-0.1, -0.05) is 46.3 Å². The van der Waals surface area contributed by atoms with Gasteiger partial charge >= 0.3 is 0 Å². The molecule has 0 unspecified atom stereocenters. The molecule has 5 heteroatoms. The molecule has 1 aliphatic rings. The number of hydrogen-bond acceptors (Lipinski definition) is 3. The maximum absolute atomic E-state index is 5.61. The lowest BCUT2D eigenvalue weighted by Crippen LogP contribution is -2.20. The van der Waals surface area contributed by atoms with Crippen LogP contribution in [0.5, 0.6) is 0 Å². The molecule has 2 aromatic heterocycles. The molecule has 1 aliphatic heterocycles. The van der Waals surface area contributed by atoms with Crippen LogP contribution in [0.15, 0.2) is 59.2 Å². The Morgan fingerprint density at radius 3 is 2.62 bits per heavy atom. The molecule has 1 saturated heterocycles. The van der Waals surface area contributed by atoms with Gasteiger partial charge in [0.15, 0.2) is 0 Å². The number of pyridine rings is 1. The summed E-state index contributed by atoms with van der Waals surface area (Å²) in [5, 5.41) is 1.14. The molecule has 2 aromatic carbocycles. The molecule has 0 bridgehead atoms. The normalized spacial score (nSPS) is 15.7. The first-order valence-corrected chi connectivity index (χ1v) is 9.70. The lowest BCUT2D eigenvalue weighted by molar-refractivity contribution is 0.0710. The van der Waals surface area contributed by atoms with E-state index in [9.17, 15) is 0 Å². The first kappa shape index (κ1) is 16.0. The monoisotopic (exact) mass is 407 g/mol. The van der Waals surface area contributed by atoms with Gasteiger partial charge in [0.05, 0.1) is 17.2 Å². The number of hydrogen-bond donors (Lipinski definition) is 0. The number of halogens is 1. The maximum atomic E-state index is 5.61. The van der Waals surface area contributed by atoms with Crippen molar-refractivity contribution in [2.75, 3.05) is 13.2 Å². The largest absolute Gasteiger partial charge is 0.381 e. The fraction of sp³-hybridized carbons (Fsp3) is 0.238. The van der Waals surface area contributed by atoms with Crippen molar-refractivity contribution in [3.05, 3.63) is 59.2 Å². The minimum atomic E-state index is 0.383. The molecule has 0 aliphatic carbocycles. The molecule has 3 heterocycles. The highest BCUT2D eigenvalue weighted by atomic mass is 79.9. The van der Waals surface area contributed by atoms with Gasteiger partial charge in [-0.05, 0) is 31.0 Å². The molecule has 4 nitrogen and oxygen atoms in total. The molecule has 0 amide bonds. The van der Waals surface area contributed by atoms with E-state index in [1.807, 2.05) is 18.3 Å². The van der Waals surface area contributed by atoms with Gasteiger partial charge in [-0.15, -0.1) is 0 Å². The molecule has 4 aromatic rings. The first-order valence-electron chi connectivity index (χ1n) is 8.90. The second kappa shape index (κ2) is 6.49. The molecule has 0 radical (unpaired) electrons. The van der Waals surface area contributed by atoms with Crippen LogP contribution in [0, 0.1) is 0 Å². The van der Waals surface area contributed by atoms with E-state index >= 15 is 0 Å². The SMILES string of the molecule is Brc1ccc2ncc3nc(-c4ccccc4)n(C4CCOCC4)c3c2c1. The Labute approximate surface area is 160 Å². The zero-order valence-corrected chi connectivity index (χ0v) is 15.8. The van der Waals surface area contributed by atoms with Crippen molar-refractivity contribution in [1.29, 1.82) is 0 Å². The third-order valence-corrected chi connectivity index (χ3v) is 5.56. The standard InChI is InChI=1S/C21H18BrN3O/c22-15-6-7-18-17(12-15)20-19(13-23-18)24-21(14-4-2-1-3-5-14)25(20)16-8-10-26-11-9-16/h1-7,12-13,16H,8-11H2. The quantitative estimate of drug-likeness (QED) is 0.448. The highest BCUT2D eigenvalue weighted by molar-refractivity contribution is 9.10. The summed E-state index contributed by atoms with van der Waals surface area (Å²) in [6, 6.07) is 17.1. The Hall–Kier alpha value is -2.24. The lowest BCUT2D eigenvalue weighted by Gasteiger charge is -2.26. The molecular formula is C21H18BrN3O. The predicted octanol–water partition coefficient (Wildman–Crippen LogP) is 5.37. The van der Waals surface area contributed by atoms with E-state index in [4.69, 9.17) is 9.72 Å². The van der Waals surface area contributed by atoms with Crippen molar-refractivity contribution in [2.45, 2.75) is 18.9 Å². The molecule has 130 valence electrons. The molecule has 1 fully saturated rings. The smallest absolute Gasteiger partial charge is 0.141 e. The van der Waals surface area contributed by atoms with E-state index in [1.54, 1.807) is 0 Å². The topological polar surface area (TPSA) is 39.9 Å². The number of aromatic nitrogens is 3. The highest BCUT2D eigenvalue weighted by Gasteiger charge is 2.24. The average molecular weight is 408 g/mol. The van der Waals surface area contributed by atoms with E-state index in [1.165, 1.54) is 5.52 Å². The predicted molar refractivity (Wildman–Crippen MR) is 107 cm³/mol. The summed E-state index contributed by atoms with van der Waals surface area (Å²) in [7, 11) is 0. The molecule has 0 N–H and O–H groups in total. The summed E-state index contributed by atoms with van der Waals surface area (Å²) in [6.45, 7) is 1.59. The summed E-state index contributed by atoms with van der Waals surface area (Å²) >= 11 is 3.61. The van der Waals surface area contributed by atoms with Gasteiger partial charge in [0.1, 0.15) is 11.3 Å². The van der Waals surface area contributed by atoms with E-state index < -0.39 is 0 Å². The Kier molecular flexibility index (Phi) is 3.98. The van der Waals surface area contributed by atoms with Crippen molar-refractivity contribution in [2.24, 2.45) is 0 Å². The summed E-state index contributed by atoms with van der Waals surface area (Å²) in [5.41, 5.74) is 4.25. The van der Waals surface area contributed by atoms with Crippen LogP contribution in [0.2, 0.25) is 0 Å². The number of fused-ring (bicyclic) bond motifs is 3. The molecule has 0 spiro atoms. The van der Waals surface area contributed by atoms with Crippen LogP contribution in [-0.4, -0.2) is 27.7 Å². The fourth-order valence-corrected chi connectivity index (χ4v) is 4.20. The van der Waals surface area contributed by atoms with Gasteiger partial charge < -0.3 is 9.30 Å². The number of rotatable bonds is 2. The minimum absolute atomic E-state index is 0.383. The van der Waals surface area contributed by atoms with Gasteiger partial charge in [0.25, 0.3) is 0 Å². The Morgan fingerprint density at radius 2 is 1.81 bits per heavy atom. The average Bonchev–Trinajstić information content (AvgIpc) is 3.09. The van der Waals surface area contributed by atoms with Crippen LogP contribution in [-0.2, 0) is 4.74 Å². The van der Waals surface area contributed by atoms with Crippen molar-refractivity contribution in [3.8, 4) is 11.4 Å². The zero-order valence-electron chi connectivity index (χ0n) is 14.2. The van der Waals surface area contributed by atoms with E-state index in [0.29, 0.717) is 6.04 Å². The molecule has 26 heavy (non-hydrogen) atoms.